The van der Waals surface area contributed by atoms with Crippen LogP contribution in [0.15, 0.2) is 30.3 Å². The molecule has 0 aromatic heterocycles. The number of carboxylic acid groups (broad SMARTS) is 1. The van der Waals surface area contributed by atoms with Crippen LogP contribution in [0.25, 0.3) is 0 Å². The number of carboxylic acids is 1. The van der Waals surface area contributed by atoms with E-state index in [9.17, 15) is 19.5 Å². The molecule has 0 spiro atoms. The molecule has 7 heteroatoms. The van der Waals surface area contributed by atoms with Crippen LogP contribution in [0.5, 0.6) is 0 Å². The highest BCUT2D eigenvalue weighted by molar-refractivity contribution is 8.15. The summed E-state index contributed by atoms with van der Waals surface area (Å²) in [6.07, 6.45) is -0.351. The molecular weight excluding hydrogens is 268 g/mol. The summed E-state index contributed by atoms with van der Waals surface area (Å²) in [7, 11) is 0. The van der Waals surface area contributed by atoms with Gasteiger partial charge in [-0.15, -0.1) is 0 Å². The predicted molar refractivity (Wildman–Crippen MR) is 68.2 cm³/mol. The van der Waals surface area contributed by atoms with Crippen molar-refractivity contribution in [2.24, 2.45) is 0 Å². The lowest BCUT2D eigenvalue weighted by molar-refractivity contribution is -0.305. The molecule has 1 N–H and O–H groups in total. The maximum Gasteiger partial charge on any atom is 0.290 e. The number of thioether (sulfide) groups is 1. The van der Waals surface area contributed by atoms with Gasteiger partial charge in [0, 0.05) is 24.6 Å². The average molecular weight is 279 g/mol. The summed E-state index contributed by atoms with van der Waals surface area (Å²) in [4.78, 5) is 34.8. The number of rotatable bonds is 5. The molecule has 0 unspecified atom stereocenters. The molecule has 2 rings (SSSR count). The van der Waals surface area contributed by atoms with E-state index in [1.54, 1.807) is 12.1 Å². The monoisotopic (exact) mass is 279 g/mol. The molecule has 2 amide bonds. The third-order valence-electron chi connectivity index (χ3n) is 2.54. The first-order valence-electron chi connectivity index (χ1n) is 5.61. The summed E-state index contributed by atoms with van der Waals surface area (Å²) >= 11 is 0.841. The second-order valence-electron chi connectivity index (χ2n) is 3.89. The third-order valence-corrected chi connectivity index (χ3v) is 3.52. The molecule has 1 aromatic carbocycles. The predicted octanol–water partition coefficient (Wildman–Crippen LogP) is 0.260. The minimum absolute atomic E-state index is 0.153. The van der Waals surface area contributed by atoms with Crippen molar-refractivity contribution in [1.82, 2.24) is 4.90 Å². The molecule has 100 valence electrons. The van der Waals surface area contributed by atoms with Gasteiger partial charge in [0.2, 0.25) is 0 Å². The van der Waals surface area contributed by atoms with Gasteiger partial charge >= 0.3 is 0 Å². The Bertz CT molecular complexity index is 506. The Labute approximate surface area is 113 Å². The van der Waals surface area contributed by atoms with Gasteiger partial charge < -0.3 is 15.2 Å². The molecular formula is C12H11N2O4S-. The van der Waals surface area contributed by atoms with Crippen molar-refractivity contribution in [3.05, 3.63) is 30.3 Å². The molecule has 0 saturated carbocycles. The van der Waals surface area contributed by atoms with Crippen molar-refractivity contribution in [1.29, 1.82) is 0 Å². The molecule has 1 fully saturated rings. The van der Waals surface area contributed by atoms with Crippen molar-refractivity contribution in [2.75, 3.05) is 11.9 Å². The van der Waals surface area contributed by atoms with E-state index in [1.165, 1.54) is 0 Å². The van der Waals surface area contributed by atoms with Crippen LogP contribution >= 0.6 is 11.8 Å². The number of carbonyl (C=O) groups excluding carboxylic acids is 3. The lowest BCUT2D eigenvalue weighted by Gasteiger charge is -2.14. The maximum absolute atomic E-state index is 11.9. The molecule has 1 atom stereocenters. The molecule has 19 heavy (non-hydrogen) atoms. The summed E-state index contributed by atoms with van der Waals surface area (Å²) in [5.41, 5.74) is 0.725. The van der Waals surface area contributed by atoms with Gasteiger partial charge in [0.15, 0.2) is 5.37 Å². The lowest BCUT2D eigenvalue weighted by Crippen LogP contribution is -2.37. The summed E-state index contributed by atoms with van der Waals surface area (Å²) in [6.45, 7) is -0.153. The Morgan fingerprint density at radius 2 is 2.00 bits per heavy atom. The molecule has 1 aromatic rings. The SMILES string of the molecule is O=C([O-])CCN1C(=O)S[C@H](Nc2ccccc2)C1=O. The summed E-state index contributed by atoms with van der Waals surface area (Å²) < 4.78 is 0. The van der Waals surface area contributed by atoms with Gasteiger partial charge in [-0.2, -0.15) is 0 Å². The molecule has 1 heterocycles. The highest BCUT2D eigenvalue weighted by atomic mass is 32.2. The van der Waals surface area contributed by atoms with Crippen LogP contribution in [-0.2, 0) is 9.59 Å². The smallest absolute Gasteiger partial charge is 0.290 e. The largest absolute Gasteiger partial charge is 0.550 e. The summed E-state index contributed by atoms with van der Waals surface area (Å²) in [6, 6.07) is 9.01. The highest BCUT2D eigenvalue weighted by Crippen LogP contribution is 2.28. The van der Waals surface area contributed by atoms with Crippen molar-refractivity contribution in [2.45, 2.75) is 11.8 Å². The fourth-order valence-corrected chi connectivity index (χ4v) is 2.56. The zero-order valence-corrected chi connectivity index (χ0v) is 10.7. The Hall–Kier alpha value is -2.02. The maximum atomic E-state index is 11.9. The van der Waals surface area contributed by atoms with E-state index in [4.69, 9.17) is 0 Å². The number of nitrogens with zero attached hydrogens (tertiary/aromatic N) is 1. The average Bonchev–Trinajstić information content (AvgIpc) is 2.63. The van der Waals surface area contributed by atoms with Gasteiger partial charge in [0.05, 0.1) is 0 Å². The van der Waals surface area contributed by atoms with Crippen LogP contribution in [0.1, 0.15) is 6.42 Å². The van der Waals surface area contributed by atoms with Crippen LogP contribution in [-0.4, -0.2) is 33.9 Å². The van der Waals surface area contributed by atoms with Crippen molar-refractivity contribution in [3.63, 3.8) is 0 Å². The van der Waals surface area contributed by atoms with Crippen LogP contribution in [0, 0.1) is 0 Å². The van der Waals surface area contributed by atoms with E-state index in [-0.39, 0.29) is 13.0 Å². The first-order chi connectivity index (χ1) is 9.08. The van der Waals surface area contributed by atoms with Crippen molar-refractivity contribution < 1.29 is 19.5 Å². The Balaban J connectivity index is 1.99. The van der Waals surface area contributed by atoms with E-state index < -0.39 is 22.5 Å². The number of anilines is 1. The van der Waals surface area contributed by atoms with Crippen molar-refractivity contribution in [3.8, 4) is 0 Å². The number of imide groups is 1. The topological polar surface area (TPSA) is 89.5 Å². The summed E-state index contributed by atoms with van der Waals surface area (Å²) in [5, 5.41) is 12.1. The number of nitrogens with one attached hydrogen (secondary N) is 1. The first kappa shape index (κ1) is 13.4. The zero-order chi connectivity index (χ0) is 13.8. The highest BCUT2D eigenvalue weighted by Gasteiger charge is 2.39. The number of hydrogen-bond acceptors (Lipinski definition) is 6. The zero-order valence-electron chi connectivity index (χ0n) is 9.87. The van der Waals surface area contributed by atoms with Gasteiger partial charge in [-0.3, -0.25) is 14.5 Å². The second kappa shape index (κ2) is 5.75. The van der Waals surface area contributed by atoms with Gasteiger partial charge in [0.1, 0.15) is 0 Å². The van der Waals surface area contributed by atoms with E-state index in [0.29, 0.717) is 0 Å². The van der Waals surface area contributed by atoms with Crippen LogP contribution in [0.3, 0.4) is 0 Å². The fourth-order valence-electron chi connectivity index (χ4n) is 1.63. The second-order valence-corrected chi connectivity index (χ2v) is 4.94. The number of amides is 2. The first-order valence-corrected chi connectivity index (χ1v) is 6.49. The van der Waals surface area contributed by atoms with E-state index in [1.807, 2.05) is 18.2 Å². The van der Waals surface area contributed by atoms with Gasteiger partial charge in [-0.05, 0) is 23.9 Å². The molecule has 1 saturated heterocycles. The van der Waals surface area contributed by atoms with Crippen LogP contribution < -0.4 is 10.4 Å². The van der Waals surface area contributed by atoms with Gasteiger partial charge in [0.25, 0.3) is 11.1 Å². The summed E-state index contributed by atoms with van der Waals surface area (Å²) in [5.74, 6) is -1.72. The van der Waals surface area contributed by atoms with Gasteiger partial charge in [-0.1, -0.05) is 18.2 Å². The lowest BCUT2D eigenvalue weighted by atomic mass is 10.3. The molecule has 6 nitrogen and oxygen atoms in total. The van der Waals surface area contributed by atoms with Crippen LogP contribution in [0.4, 0.5) is 10.5 Å². The Morgan fingerprint density at radius 1 is 1.32 bits per heavy atom. The van der Waals surface area contributed by atoms with E-state index >= 15 is 0 Å². The van der Waals surface area contributed by atoms with E-state index in [0.717, 1.165) is 22.3 Å². The molecule has 0 aliphatic carbocycles. The number of hydrogen-bond donors (Lipinski definition) is 1. The molecule has 0 radical (unpaired) electrons. The minimum atomic E-state index is -1.29. The van der Waals surface area contributed by atoms with Crippen LogP contribution in [0.2, 0.25) is 0 Å². The molecule has 0 bridgehead atoms. The minimum Gasteiger partial charge on any atom is -0.550 e. The Morgan fingerprint density at radius 3 is 2.63 bits per heavy atom. The normalized spacial score (nSPS) is 18.7. The quantitative estimate of drug-likeness (QED) is 0.831. The molecule has 1 aliphatic rings. The molecule has 1 aliphatic heterocycles. The van der Waals surface area contributed by atoms with E-state index in [2.05, 4.69) is 5.32 Å². The number of carbonyl (C=O) groups is 3. The number of para-hydroxylation sites is 1. The Kier molecular flexibility index (Phi) is 4.06. The number of benzene rings is 1. The standard InChI is InChI=1S/C12H12N2O4S/c15-9(16)6-7-14-11(17)10(19-12(14)18)13-8-4-2-1-3-5-8/h1-5,10,13H,6-7H2,(H,15,16)/p-1/t10-/m0/s1. The van der Waals surface area contributed by atoms with Crippen molar-refractivity contribution >= 4 is 34.6 Å². The number of aliphatic carboxylic acids is 1. The van der Waals surface area contributed by atoms with Gasteiger partial charge in [-0.25, -0.2) is 0 Å². The third kappa shape index (κ3) is 3.25. The fraction of sp³-hybridized carbons (Fsp3) is 0.250.